The number of aliphatic carboxylic acids is 1. The molecule has 0 aromatic carbocycles. The topological polar surface area (TPSA) is 98.5 Å². The SMILES string of the molecule is Cc1ccc(CN2CCC3(CC(Nc4cccc(C#N)n4)CO3)C2)s1.O=C(O)C(F)(F)F. The molecule has 2 N–H and O–H groups in total. The minimum absolute atomic E-state index is 0.0309. The van der Waals surface area contributed by atoms with E-state index in [1.54, 1.807) is 6.07 Å². The summed E-state index contributed by atoms with van der Waals surface area (Å²) in [6.07, 6.45) is -3.01. The molecule has 2 saturated heterocycles. The molecule has 2 aromatic heterocycles. The molecular formula is C21H23F3N4O3S. The number of alkyl halides is 3. The van der Waals surface area contributed by atoms with Crippen molar-refractivity contribution in [2.24, 2.45) is 0 Å². The molecule has 4 rings (SSSR count). The van der Waals surface area contributed by atoms with Crippen molar-refractivity contribution in [3.05, 3.63) is 45.8 Å². The number of thiophene rings is 1. The quantitative estimate of drug-likeness (QED) is 0.704. The Morgan fingerprint density at radius 3 is 2.81 bits per heavy atom. The minimum Gasteiger partial charge on any atom is -0.475 e. The summed E-state index contributed by atoms with van der Waals surface area (Å²) in [4.78, 5) is 18.5. The summed E-state index contributed by atoms with van der Waals surface area (Å²) in [7, 11) is 0. The number of pyridine rings is 1. The van der Waals surface area contributed by atoms with Crippen molar-refractivity contribution in [3.63, 3.8) is 0 Å². The van der Waals surface area contributed by atoms with Crippen LogP contribution in [0.3, 0.4) is 0 Å². The number of rotatable bonds is 4. The van der Waals surface area contributed by atoms with Gasteiger partial charge in [-0.3, -0.25) is 4.90 Å². The second-order valence-corrected chi connectivity index (χ2v) is 9.21. The lowest BCUT2D eigenvalue weighted by Crippen LogP contribution is -2.33. The predicted octanol–water partition coefficient (Wildman–Crippen LogP) is 3.80. The van der Waals surface area contributed by atoms with Gasteiger partial charge < -0.3 is 15.2 Å². The van der Waals surface area contributed by atoms with E-state index in [2.05, 4.69) is 40.3 Å². The molecule has 7 nitrogen and oxygen atoms in total. The van der Waals surface area contributed by atoms with Crippen molar-refractivity contribution in [1.82, 2.24) is 9.88 Å². The zero-order valence-corrected chi connectivity index (χ0v) is 18.2. The Kier molecular flexibility index (Phi) is 7.38. The molecule has 11 heteroatoms. The zero-order chi connectivity index (χ0) is 23.4. The lowest BCUT2D eigenvalue weighted by molar-refractivity contribution is -0.192. The maximum Gasteiger partial charge on any atom is 0.490 e. The van der Waals surface area contributed by atoms with Crippen molar-refractivity contribution in [1.29, 1.82) is 5.26 Å². The smallest absolute Gasteiger partial charge is 0.475 e. The maximum atomic E-state index is 10.6. The summed E-state index contributed by atoms with van der Waals surface area (Å²) < 4.78 is 38.0. The number of nitriles is 1. The summed E-state index contributed by atoms with van der Waals surface area (Å²) in [6.45, 7) is 5.96. The first-order chi connectivity index (χ1) is 15.1. The molecule has 2 fully saturated rings. The van der Waals surface area contributed by atoms with Crippen LogP contribution < -0.4 is 5.32 Å². The van der Waals surface area contributed by atoms with E-state index in [0.717, 1.165) is 38.3 Å². The van der Waals surface area contributed by atoms with E-state index < -0.39 is 12.1 Å². The van der Waals surface area contributed by atoms with Crippen LogP contribution in [0.2, 0.25) is 0 Å². The maximum absolute atomic E-state index is 10.6. The number of likely N-dealkylation sites (tertiary alicyclic amines) is 1. The monoisotopic (exact) mass is 468 g/mol. The molecule has 0 aliphatic carbocycles. The molecule has 2 aliphatic rings. The number of carboxylic acid groups (broad SMARTS) is 1. The van der Waals surface area contributed by atoms with E-state index in [1.807, 2.05) is 23.5 Å². The average molecular weight is 469 g/mol. The van der Waals surface area contributed by atoms with Crippen LogP contribution in [-0.2, 0) is 16.1 Å². The minimum atomic E-state index is -5.08. The molecule has 2 aromatic rings. The molecule has 0 saturated carbocycles. The van der Waals surface area contributed by atoms with E-state index in [1.165, 1.54) is 9.75 Å². The number of nitrogens with zero attached hydrogens (tertiary/aromatic N) is 3. The Bertz CT molecular complexity index is 991. The van der Waals surface area contributed by atoms with Crippen LogP contribution in [0.1, 0.15) is 28.3 Å². The highest BCUT2D eigenvalue weighted by Gasteiger charge is 2.45. The fraction of sp³-hybridized carbons (Fsp3) is 0.476. The summed E-state index contributed by atoms with van der Waals surface area (Å²) in [5.41, 5.74) is 0.411. The highest BCUT2D eigenvalue weighted by Crippen LogP contribution is 2.37. The molecule has 32 heavy (non-hydrogen) atoms. The van der Waals surface area contributed by atoms with Crippen molar-refractivity contribution in [2.75, 3.05) is 25.0 Å². The number of anilines is 1. The summed E-state index contributed by atoms with van der Waals surface area (Å²) in [5.74, 6) is -2.00. The van der Waals surface area contributed by atoms with E-state index in [-0.39, 0.29) is 11.6 Å². The molecule has 1 spiro atoms. The third-order valence-electron chi connectivity index (χ3n) is 5.24. The molecule has 0 bridgehead atoms. The largest absolute Gasteiger partial charge is 0.490 e. The summed E-state index contributed by atoms with van der Waals surface area (Å²) in [6, 6.07) is 12.3. The number of nitrogens with one attached hydrogen (secondary N) is 1. The number of hydrogen-bond acceptors (Lipinski definition) is 7. The molecular weight excluding hydrogens is 445 g/mol. The van der Waals surface area contributed by atoms with Gasteiger partial charge in [-0.2, -0.15) is 18.4 Å². The summed E-state index contributed by atoms with van der Waals surface area (Å²) in [5, 5.41) is 19.5. The molecule has 0 radical (unpaired) electrons. The Hall–Kier alpha value is -2.68. The van der Waals surface area contributed by atoms with Gasteiger partial charge in [0.15, 0.2) is 0 Å². The van der Waals surface area contributed by atoms with Crippen LogP contribution in [-0.4, -0.2) is 58.5 Å². The third-order valence-corrected chi connectivity index (χ3v) is 6.22. The van der Waals surface area contributed by atoms with Gasteiger partial charge in [0.05, 0.1) is 18.2 Å². The van der Waals surface area contributed by atoms with Gasteiger partial charge in [-0.1, -0.05) is 6.07 Å². The summed E-state index contributed by atoms with van der Waals surface area (Å²) >= 11 is 1.88. The molecule has 0 amide bonds. The number of carboxylic acids is 1. The number of aryl methyl sites for hydroxylation is 1. The number of ether oxygens (including phenoxy) is 1. The molecule has 2 aliphatic heterocycles. The van der Waals surface area contributed by atoms with Crippen LogP contribution in [0.25, 0.3) is 0 Å². The number of aromatic nitrogens is 1. The van der Waals surface area contributed by atoms with Crippen LogP contribution >= 0.6 is 11.3 Å². The number of carbonyl (C=O) groups is 1. The fourth-order valence-electron chi connectivity index (χ4n) is 3.86. The van der Waals surface area contributed by atoms with Gasteiger partial charge in [-0.15, -0.1) is 11.3 Å². The lowest BCUT2D eigenvalue weighted by Gasteiger charge is -2.23. The standard InChI is InChI=1S/C19H22N4OS.C2HF3O2/c1-14-5-6-17(25-14)11-23-8-7-19(13-23)9-16(12-24-19)22-18-4-2-3-15(10-20)21-18;3-2(4,5)1(6)7/h2-6,16H,7-9,11-13H2,1H3,(H,21,22);(H,6,7). The number of halogens is 3. The van der Waals surface area contributed by atoms with Crippen LogP contribution in [0, 0.1) is 18.3 Å². The van der Waals surface area contributed by atoms with Crippen molar-refractivity contribution in [2.45, 2.75) is 44.1 Å². The van der Waals surface area contributed by atoms with Gasteiger partial charge in [-0.25, -0.2) is 9.78 Å². The highest BCUT2D eigenvalue weighted by atomic mass is 32.1. The lowest BCUT2D eigenvalue weighted by atomic mass is 9.97. The fourth-order valence-corrected chi connectivity index (χ4v) is 4.79. The van der Waals surface area contributed by atoms with Gasteiger partial charge in [0.2, 0.25) is 0 Å². The normalized spacial score (nSPS) is 22.9. The second-order valence-electron chi connectivity index (χ2n) is 7.84. The molecule has 172 valence electrons. The van der Waals surface area contributed by atoms with Crippen molar-refractivity contribution < 1.29 is 27.8 Å². The van der Waals surface area contributed by atoms with Crippen LogP contribution in [0.15, 0.2) is 30.3 Å². The second kappa shape index (κ2) is 9.85. The molecule has 2 unspecified atom stereocenters. The third kappa shape index (κ3) is 6.41. The van der Waals surface area contributed by atoms with E-state index in [4.69, 9.17) is 19.9 Å². The first kappa shape index (κ1) is 24.0. The van der Waals surface area contributed by atoms with Crippen LogP contribution in [0.5, 0.6) is 0 Å². The highest BCUT2D eigenvalue weighted by molar-refractivity contribution is 7.11. The number of hydrogen-bond donors (Lipinski definition) is 2. The van der Waals surface area contributed by atoms with Gasteiger partial charge in [0.25, 0.3) is 0 Å². The average Bonchev–Trinajstić information content (AvgIpc) is 3.43. The molecule has 4 heterocycles. The Morgan fingerprint density at radius 2 is 2.19 bits per heavy atom. The van der Waals surface area contributed by atoms with Crippen molar-refractivity contribution in [3.8, 4) is 6.07 Å². The zero-order valence-electron chi connectivity index (χ0n) is 17.4. The van der Waals surface area contributed by atoms with Crippen molar-refractivity contribution >= 4 is 23.1 Å². The van der Waals surface area contributed by atoms with E-state index in [9.17, 15) is 13.2 Å². The Morgan fingerprint density at radius 1 is 1.44 bits per heavy atom. The Balaban J connectivity index is 0.000000360. The van der Waals surface area contributed by atoms with Gasteiger partial charge >= 0.3 is 12.1 Å². The predicted molar refractivity (Wildman–Crippen MR) is 112 cm³/mol. The van der Waals surface area contributed by atoms with Gasteiger partial charge in [0, 0.05) is 35.8 Å². The van der Waals surface area contributed by atoms with Gasteiger partial charge in [0.1, 0.15) is 17.6 Å². The molecule has 2 atom stereocenters. The van der Waals surface area contributed by atoms with Gasteiger partial charge in [-0.05, 0) is 37.6 Å². The van der Waals surface area contributed by atoms with E-state index >= 15 is 0 Å². The first-order valence-electron chi connectivity index (χ1n) is 9.94. The Labute approximate surface area is 187 Å². The van der Waals surface area contributed by atoms with Crippen LogP contribution in [0.4, 0.5) is 19.0 Å². The first-order valence-corrected chi connectivity index (χ1v) is 10.8. The van der Waals surface area contributed by atoms with E-state index in [0.29, 0.717) is 12.3 Å².